The zero-order chi connectivity index (χ0) is 15.5. The van der Waals surface area contributed by atoms with Crippen LogP contribution in [0, 0.1) is 5.92 Å². The Morgan fingerprint density at radius 1 is 1.45 bits per heavy atom. The fraction of sp³-hybridized carbons (Fsp3) is 0.438. The Morgan fingerprint density at radius 2 is 2.32 bits per heavy atom. The summed E-state index contributed by atoms with van der Waals surface area (Å²) in [5.41, 5.74) is 1.45. The molecule has 1 aromatic carbocycles. The quantitative estimate of drug-likeness (QED) is 0.932. The van der Waals surface area contributed by atoms with Gasteiger partial charge >= 0.3 is 0 Å². The van der Waals surface area contributed by atoms with Crippen molar-refractivity contribution in [2.75, 3.05) is 13.1 Å². The number of rotatable bonds is 3. The number of carbonyl (C=O) groups is 1. The van der Waals surface area contributed by atoms with Gasteiger partial charge in [0.05, 0.1) is 24.2 Å². The molecule has 1 amide bonds. The molecular weight excluding hydrogens is 280 g/mol. The van der Waals surface area contributed by atoms with Gasteiger partial charge in [-0.05, 0) is 38.0 Å². The smallest absolute Gasteiger partial charge is 0.253 e. The SMILES string of the molecule is CC(O)C1CCCN(C(=O)c2cccc(-n3ccnn3)c2)C1. The molecule has 1 saturated heterocycles. The van der Waals surface area contributed by atoms with Crippen molar-refractivity contribution in [1.29, 1.82) is 0 Å². The monoisotopic (exact) mass is 300 g/mol. The number of piperidine rings is 1. The van der Waals surface area contributed by atoms with Crippen molar-refractivity contribution in [1.82, 2.24) is 19.9 Å². The minimum absolute atomic E-state index is 0.00677. The maximum Gasteiger partial charge on any atom is 0.253 e. The lowest BCUT2D eigenvalue weighted by atomic mass is 9.93. The van der Waals surface area contributed by atoms with E-state index in [1.54, 1.807) is 24.0 Å². The summed E-state index contributed by atoms with van der Waals surface area (Å²) >= 11 is 0. The maximum atomic E-state index is 12.7. The first-order valence-electron chi connectivity index (χ1n) is 7.59. The number of aliphatic hydroxyl groups is 1. The number of aromatic nitrogens is 3. The molecule has 1 aromatic heterocycles. The Morgan fingerprint density at radius 3 is 3.05 bits per heavy atom. The highest BCUT2D eigenvalue weighted by molar-refractivity contribution is 5.94. The van der Waals surface area contributed by atoms with Crippen LogP contribution in [0.25, 0.3) is 5.69 Å². The Bertz CT molecular complexity index is 639. The van der Waals surface area contributed by atoms with Crippen molar-refractivity contribution in [3.05, 3.63) is 42.2 Å². The second kappa shape index (κ2) is 6.27. The molecule has 2 unspecified atom stereocenters. The van der Waals surface area contributed by atoms with Gasteiger partial charge in [-0.3, -0.25) is 4.79 Å². The van der Waals surface area contributed by atoms with Crippen LogP contribution in [0.3, 0.4) is 0 Å². The predicted octanol–water partition coefficient (Wildman–Crippen LogP) is 1.50. The molecule has 6 heteroatoms. The standard InChI is InChI=1S/C16H20N4O2/c1-12(21)14-5-3-8-19(11-14)16(22)13-4-2-6-15(10-13)20-9-7-17-18-20/h2,4,6-7,9-10,12,14,21H,3,5,8,11H2,1H3. The normalized spacial score (nSPS) is 19.9. The number of hydrogen-bond donors (Lipinski definition) is 1. The number of hydrogen-bond acceptors (Lipinski definition) is 4. The van der Waals surface area contributed by atoms with Crippen LogP contribution in [0.4, 0.5) is 0 Å². The fourth-order valence-electron chi connectivity index (χ4n) is 2.90. The lowest BCUT2D eigenvalue weighted by Gasteiger charge is -2.34. The average Bonchev–Trinajstić information content (AvgIpc) is 3.09. The Balaban J connectivity index is 1.79. The van der Waals surface area contributed by atoms with Crippen LogP contribution in [0.15, 0.2) is 36.7 Å². The molecule has 2 heterocycles. The summed E-state index contributed by atoms with van der Waals surface area (Å²) in [7, 11) is 0. The maximum absolute atomic E-state index is 12.7. The van der Waals surface area contributed by atoms with Crippen molar-refractivity contribution < 1.29 is 9.90 Å². The van der Waals surface area contributed by atoms with Gasteiger partial charge in [-0.1, -0.05) is 11.3 Å². The van der Waals surface area contributed by atoms with E-state index in [1.807, 2.05) is 29.2 Å². The Hall–Kier alpha value is -2.21. The molecule has 1 fully saturated rings. The van der Waals surface area contributed by atoms with Gasteiger partial charge in [0, 0.05) is 24.6 Å². The molecule has 2 aromatic rings. The molecule has 0 bridgehead atoms. The van der Waals surface area contributed by atoms with E-state index >= 15 is 0 Å². The average molecular weight is 300 g/mol. The van der Waals surface area contributed by atoms with E-state index < -0.39 is 0 Å². The molecule has 22 heavy (non-hydrogen) atoms. The summed E-state index contributed by atoms with van der Waals surface area (Å²) in [6.45, 7) is 3.16. The Kier molecular flexibility index (Phi) is 4.20. The topological polar surface area (TPSA) is 71.2 Å². The largest absolute Gasteiger partial charge is 0.393 e. The van der Waals surface area contributed by atoms with Crippen LogP contribution >= 0.6 is 0 Å². The van der Waals surface area contributed by atoms with Crippen LogP contribution in [0.2, 0.25) is 0 Å². The highest BCUT2D eigenvalue weighted by Gasteiger charge is 2.27. The number of aliphatic hydroxyl groups excluding tert-OH is 1. The van der Waals surface area contributed by atoms with Gasteiger partial charge in [-0.2, -0.15) is 0 Å². The Labute approximate surface area is 129 Å². The molecule has 0 spiro atoms. The van der Waals surface area contributed by atoms with E-state index in [2.05, 4.69) is 10.3 Å². The van der Waals surface area contributed by atoms with Gasteiger partial charge in [0.15, 0.2) is 0 Å². The predicted molar refractivity (Wildman–Crippen MR) is 81.7 cm³/mol. The lowest BCUT2D eigenvalue weighted by molar-refractivity contribution is 0.0466. The summed E-state index contributed by atoms with van der Waals surface area (Å²) in [5.74, 6) is 0.170. The molecule has 116 valence electrons. The lowest BCUT2D eigenvalue weighted by Crippen LogP contribution is -2.42. The first-order chi connectivity index (χ1) is 10.6. The third-order valence-electron chi connectivity index (χ3n) is 4.21. The molecule has 2 atom stereocenters. The molecule has 3 rings (SSSR count). The molecule has 1 N–H and O–H groups in total. The van der Waals surface area contributed by atoms with Crippen molar-refractivity contribution in [3.63, 3.8) is 0 Å². The van der Waals surface area contributed by atoms with E-state index in [4.69, 9.17) is 0 Å². The van der Waals surface area contributed by atoms with Crippen molar-refractivity contribution in [2.24, 2.45) is 5.92 Å². The fourth-order valence-corrected chi connectivity index (χ4v) is 2.90. The number of likely N-dealkylation sites (tertiary alicyclic amines) is 1. The van der Waals surface area contributed by atoms with E-state index in [0.717, 1.165) is 25.1 Å². The van der Waals surface area contributed by atoms with Crippen molar-refractivity contribution in [2.45, 2.75) is 25.9 Å². The van der Waals surface area contributed by atoms with E-state index in [9.17, 15) is 9.90 Å². The second-order valence-electron chi connectivity index (χ2n) is 5.79. The molecule has 0 radical (unpaired) electrons. The zero-order valence-corrected chi connectivity index (χ0v) is 12.6. The van der Waals surface area contributed by atoms with Crippen molar-refractivity contribution >= 4 is 5.91 Å². The number of benzene rings is 1. The van der Waals surface area contributed by atoms with Crippen LogP contribution in [0.5, 0.6) is 0 Å². The van der Waals surface area contributed by atoms with Crippen LogP contribution < -0.4 is 0 Å². The number of carbonyl (C=O) groups excluding carboxylic acids is 1. The third-order valence-corrected chi connectivity index (χ3v) is 4.21. The summed E-state index contributed by atoms with van der Waals surface area (Å²) in [6, 6.07) is 7.37. The van der Waals surface area contributed by atoms with Gasteiger partial charge in [0.1, 0.15) is 0 Å². The second-order valence-corrected chi connectivity index (χ2v) is 5.79. The summed E-state index contributed by atoms with van der Waals surface area (Å²) in [4.78, 5) is 14.5. The number of nitrogens with zero attached hydrogens (tertiary/aromatic N) is 4. The molecule has 0 saturated carbocycles. The first-order valence-corrected chi connectivity index (χ1v) is 7.59. The van der Waals surface area contributed by atoms with E-state index in [-0.39, 0.29) is 17.9 Å². The highest BCUT2D eigenvalue weighted by Crippen LogP contribution is 2.22. The van der Waals surface area contributed by atoms with Crippen LogP contribution in [0.1, 0.15) is 30.1 Å². The minimum atomic E-state index is -0.378. The molecule has 1 aliphatic rings. The molecule has 1 aliphatic heterocycles. The summed E-state index contributed by atoms with van der Waals surface area (Å²) in [6.07, 6.45) is 4.88. The molecular formula is C16H20N4O2. The van der Waals surface area contributed by atoms with Crippen LogP contribution in [-0.4, -0.2) is 50.1 Å². The summed E-state index contributed by atoms with van der Waals surface area (Å²) in [5, 5.41) is 17.5. The summed E-state index contributed by atoms with van der Waals surface area (Å²) < 4.78 is 1.63. The van der Waals surface area contributed by atoms with E-state index in [0.29, 0.717) is 12.1 Å². The van der Waals surface area contributed by atoms with Gasteiger partial charge in [0.25, 0.3) is 5.91 Å². The van der Waals surface area contributed by atoms with Crippen LogP contribution in [-0.2, 0) is 0 Å². The van der Waals surface area contributed by atoms with E-state index in [1.165, 1.54) is 0 Å². The third kappa shape index (κ3) is 3.01. The first kappa shape index (κ1) is 14.7. The highest BCUT2D eigenvalue weighted by atomic mass is 16.3. The minimum Gasteiger partial charge on any atom is -0.393 e. The van der Waals surface area contributed by atoms with Gasteiger partial charge in [-0.25, -0.2) is 4.68 Å². The molecule has 0 aliphatic carbocycles. The van der Waals surface area contributed by atoms with Gasteiger partial charge in [-0.15, -0.1) is 5.10 Å². The van der Waals surface area contributed by atoms with Crippen molar-refractivity contribution in [3.8, 4) is 5.69 Å². The van der Waals surface area contributed by atoms with Gasteiger partial charge in [0.2, 0.25) is 0 Å². The zero-order valence-electron chi connectivity index (χ0n) is 12.6. The van der Waals surface area contributed by atoms with Gasteiger partial charge < -0.3 is 10.0 Å². The number of amides is 1. The molecule has 6 nitrogen and oxygen atoms in total.